The molecule has 3 heterocycles. The van der Waals surface area contributed by atoms with Gasteiger partial charge in [-0.25, -0.2) is 4.39 Å². The van der Waals surface area contributed by atoms with Crippen LogP contribution in [-0.2, 0) is 23.8 Å². The molecular weight excluding hydrogens is 345 g/mol. The van der Waals surface area contributed by atoms with Gasteiger partial charge in [-0.05, 0) is 18.9 Å². The van der Waals surface area contributed by atoms with E-state index in [4.69, 9.17) is 20.6 Å². The summed E-state index contributed by atoms with van der Waals surface area (Å²) >= 11 is 0. The molecule has 140 valence electrons. The van der Waals surface area contributed by atoms with Crippen molar-refractivity contribution >= 4 is 11.7 Å². The van der Waals surface area contributed by atoms with Crippen LogP contribution in [-0.4, -0.2) is 64.3 Å². The number of rotatable bonds is 3. The van der Waals surface area contributed by atoms with Gasteiger partial charge < -0.3 is 19.3 Å². The van der Waals surface area contributed by atoms with Gasteiger partial charge in [-0.3, -0.25) is 14.5 Å². The minimum atomic E-state index is -1.74. The van der Waals surface area contributed by atoms with Crippen LogP contribution in [0.15, 0.2) is 12.3 Å². The molecule has 0 unspecified atom stereocenters. The number of ketones is 1. The lowest BCUT2D eigenvalue weighted by Crippen LogP contribution is -2.55. The van der Waals surface area contributed by atoms with Crippen LogP contribution >= 0.6 is 0 Å². The highest BCUT2D eigenvalue weighted by Crippen LogP contribution is 2.56. The van der Waals surface area contributed by atoms with E-state index in [2.05, 4.69) is 5.92 Å². The van der Waals surface area contributed by atoms with E-state index < -0.39 is 48.5 Å². The van der Waals surface area contributed by atoms with Crippen molar-refractivity contribution in [1.29, 1.82) is 0 Å². The molecule has 0 aromatic rings. The third kappa shape index (κ3) is 2.21. The van der Waals surface area contributed by atoms with Crippen LogP contribution in [0, 0.1) is 12.3 Å². The molecule has 4 aliphatic rings. The van der Waals surface area contributed by atoms with Gasteiger partial charge in [0.25, 0.3) is 0 Å². The van der Waals surface area contributed by atoms with E-state index in [1.165, 1.54) is 12.3 Å². The fourth-order valence-electron chi connectivity index (χ4n) is 4.33. The van der Waals surface area contributed by atoms with Gasteiger partial charge in [0.15, 0.2) is 23.4 Å². The Hall–Kier alpha value is -1.79. The predicted octanol–water partition coefficient (Wildman–Crippen LogP) is 0.416. The van der Waals surface area contributed by atoms with Crippen molar-refractivity contribution in [3.8, 4) is 12.3 Å². The molecule has 1 aliphatic carbocycles. The second-order valence-electron chi connectivity index (χ2n) is 7.24. The quantitative estimate of drug-likeness (QED) is 0.576. The van der Waals surface area contributed by atoms with Gasteiger partial charge in [-0.2, -0.15) is 0 Å². The Kier molecular flexibility index (Phi) is 3.97. The number of allylic oxidation sites excluding steroid dienone is 1. The largest absolute Gasteiger partial charge is 0.393 e. The summed E-state index contributed by atoms with van der Waals surface area (Å²) in [6.45, 7) is -1.74. The number of hydrogen-bond acceptors (Lipinski definition) is 6. The zero-order valence-electron chi connectivity index (χ0n) is 14.2. The molecule has 3 fully saturated rings. The van der Waals surface area contributed by atoms with Gasteiger partial charge >= 0.3 is 0 Å². The van der Waals surface area contributed by atoms with Crippen LogP contribution in [0.4, 0.5) is 4.39 Å². The zero-order valence-corrected chi connectivity index (χ0v) is 14.2. The first-order valence-corrected chi connectivity index (χ1v) is 8.67. The highest BCUT2D eigenvalue weighted by Gasteiger charge is 2.74. The van der Waals surface area contributed by atoms with Crippen LogP contribution in [0.25, 0.3) is 0 Å². The van der Waals surface area contributed by atoms with Crippen molar-refractivity contribution in [2.75, 3.05) is 13.3 Å². The van der Waals surface area contributed by atoms with Gasteiger partial charge in [0.1, 0.15) is 12.8 Å². The molecule has 0 aromatic heterocycles. The number of terminal acetylenes is 1. The maximum absolute atomic E-state index is 14.0. The number of nitrogens with zero attached hydrogens (tertiary/aromatic N) is 1. The van der Waals surface area contributed by atoms with Crippen LogP contribution < -0.4 is 0 Å². The summed E-state index contributed by atoms with van der Waals surface area (Å²) in [6.07, 6.45) is 8.62. The molecule has 7 nitrogen and oxygen atoms in total. The summed E-state index contributed by atoms with van der Waals surface area (Å²) in [7, 11) is 0. The second kappa shape index (κ2) is 5.86. The smallest absolute Gasteiger partial charge is 0.236 e. The van der Waals surface area contributed by atoms with E-state index in [1.54, 1.807) is 0 Å². The lowest BCUT2D eigenvalue weighted by atomic mass is 9.87. The number of ether oxygens (including phenoxy) is 3. The van der Waals surface area contributed by atoms with Gasteiger partial charge in [0.2, 0.25) is 11.5 Å². The summed E-state index contributed by atoms with van der Waals surface area (Å²) in [4.78, 5) is 25.0. The molecule has 26 heavy (non-hydrogen) atoms. The van der Waals surface area contributed by atoms with Gasteiger partial charge in [-0.1, -0.05) is 5.92 Å². The molecule has 4 rings (SSSR count). The zero-order chi connectivity index (χ0) is 18.6. The third-order valence-corrected chi connectivity index (χ3v) is 5.64. The molecule has 0 aromatic carbocycles. The van der Waals surface area contributed by atoms with Crippen molar-refractivity contribution < 1.29 is 33.3 Å². The molecule has 3 aliphatic heterocycles. The van der Waals surface area contributed by atoms with E-state index in [0.717, 1.165) is 17.7 Å². The summed E-state index contributed by atoms with van der Waals surface area (Å²) in [5, 5.41) is 9.88. The predicted molar refractivity (Wildman–Crippen MR) is 85.0 cm³/mol. The van der Waals surface area contributed by atoms with E-state index >= 15 is 0 Å². The Morgan fingerprint density at radius 1 is 1.35 bits per heavy atom. The molecule has 0 bridgehead atoms. The summed E-state index contributed by atoms with van der Waals surface area (Å²) in [6, 6.07) is 0. The standard InChI is InChI=1S/C18H20FNO6/c1-2-18-14(24-17(26-18)6-3-4-7-17)16(10-19,11-21)25-15(18)20-8-5-12(22)9-13(20)23/h1,5,8,14-15,21H,3-4,6-7,9-11H2/t14-,15-,16-,18-/m1/s1. The summed E-state index contributed by atoms with van der Waals surface area (Å²) in [5.74, 6) is 0.695. The van der Waals surface area contributed by atoms with Crippen molar-refractivity contribution in [3.63, 3.8) is 0 Å². The van der Waals surface area contributed by atoms with Crippen LogP contribution in [0.2, 0.25) is 0 Å². The number of aliphatic hydroxyl groups is 1. The Balaban J connectivity index is 1.79. The molecule has 1 N–H and O–H groups in total. The van der Waals surface area contributed by atoms with Crippen LogP contribution in [0.3, 0.4) is 0 Å². The Bertz CT molecular complexity index is 705. The number of alkyl halides is 1. The van der Waals surface area contributed by atoms with Crippen molar-refractivity contribution in [3.05, 3.63) is 12.3 Å². The third-order valence-electron chi connectivity index (χ3n) is 5.64. The number of carbonyl (C=O) groups is 2. The molecule has 1 spiro atoms. The van der Waals surface area contributed by atoms with Gasteiger partial charge in [0.05, 0.1) is 13.0 Å². The first-order valence-electron chi connectivity index (χ1n) is 8.67. The molecule has 4 atom stereocenters. The Labute approximate surface area is 150 Å². The minimum Gasteiger partial charge on any atom is -0.393 e. The lowest BCUT2D eigenvalue weighted by Gasteiger charge is -2.36. The molecule has 1 saturated carbocycles. The number of amides is 1. The van der Waals surface area contributed by atoms with E-state index in [-0.39, 0.29) is 12.2 Å². The van der Waals surface area contributed by atoms with E-state index in [9.17, 15) is 19.1 Å². The van der Waals surface area contributed by atoms with E-state index in [1.807, 2.05) is 0 Å². The van der Waals surface area contributed by atoms with Crippen LogP contribution in [0.1, 0.15) is 32.1 Å². The normalized spacial score (nSPS) is 41.0. The summed E-state index contributed by atoms with van der Waals surface area (Å²) < 4.78 is 32.1. The van der Waals surface area contributed by atoms with Gasteiger partial charge in [-0.15, -0.1) is 6.42 Å². The highest BCUT2D eigenvalue weighted by molar-refractivity contribution is 6.06. The Morgan fingerprint density at radius 3 is 2.65 bits per heavy atom. The molecule has 8 heteroatoms. The Morgan fingerprint density at radius 2 is 2.08 bits per heavy atom. The second-order valence-corrected chi connectivity index (χ2v) is 7.24. The SMILES string of the molecule is C#C[C@@]12OC3(CCCC3)O[C@@H]1[C@](CO)(CF)O[C@H]2N1C=CC(=O)CC1=O. The maximum Gasteiger partial charge on any atom is 0.236 e. The first kappa shape index (κ1) is 17.6. The van der Waals surface area contributed by atoms with Crippen molar-refractivity contribution in [1.82, 2.24) is 4.90 Å². The van der Waals surface area contributed by atoms with Gasteiger partial charge in [0, 0.05) is 19.0 Å². The maximum atomic E-state index is 14.0. The van der Waals surface area contributed by atoms with Crippen molar-refractivity contribution in [2.45, 2.75) is 61.4 Å². The monoisotopic (exact) mass is 365 g/mol. The number of carbonyl (C=O) groups excluding carboxylic acids is 2. The average Bonchev–Trinajstić information content (AvgIpc) is 3.29. The minimum absolute atomic E-state index is 0.338. The molecule has 0 radical (unpaired) electrons. The fourth-order valence-corrected chi connectivity index (χ4v) is 4.33. The molecular formula is C18H20FNO6. The van der Waals surface area contributed by atoms with E-state index in [0.29, 0.717) is 12.8 Å². The molecule has 2 saturated heterocycles. The summed E-state index contributed by atoms with van der Waals surface area (Å²) in [5.41, 5.74) is -3.31. The first-order chi connectivity index (χ1) is 12.4. The van der Waals surface area contributed by atoms with Crippen molar-refractivity contribution in [2.24, 2.45) is 0 Å². The van der Waals surface area contributed by atoms with Crippen LogP contribution in [0.5, 0.6) is 0 Å². The average molecular weight is 365 g/mol. The number of fused-ring (bicyclic) bond motifs is 1. The number of aliphatic hydroxyl groups excluding tert-OH is 1. The number of hydrogen-bond donors (Lipinski definition) is 1. The number of halogens is 1. The molecule has 1 amide bonds. The topological polar surface area (TPSA) is 85.3 Å². The highest BCUT2D eigenvalue weighted by atomic mass is 19.1. The lowest BCUT2D eigenvalue weighted by molar-refractivity contribution is -0.251. The fraction of sp³-hybridized carbons (Fsp3) is 0.667.